The van der Waals surface area contributed by atoms with E-state index < -0.39 is 0 Å². The van der Waals surface area contributed by atoms with Crippen LogP contribution >= 0.6 is 0 Å². The predicted octanol–water partition coefficient (Wildman–Crippen LogP) is 2.26. The van der Waals surface area contributed by atoms with Crippen molar-refractivity contribution < 1.29 is 14.1 Å². The summed E-state index contributed by atoms with van der Waals surface area (Å²) in [5.41, 5.74) is 0. The van der Waals surface area contributed by atoms with E-state index in [1.54, 1.807) is 6.92 Å². The van der Waals surface area contributed by atoms with Crippen LogP contribution in [0.5, 0.6) is 0 Å². The molecule has 1 aliphatic rings. The Bertz CT molecular complexity index is 397. The molecule has 1 aromatic rings. The van der Waals surface area contributed by atoms with Gasteiger partial charge in [0.15, 0.2) is 5.82 Å². The van der Waals surface area contributed by atoms with E-state index in [9.17, 15) is 4.79 Å². The second-order valence-electron chi connectivity index (χ2n) is 4.78. The second-order valence-corrected chi connectivity index (χ2v) is 4.78. The van der Waals surface area contributed by atoms with E-state index in [1.165, 1.54) is 6.42 Å². The lowest BCUT2D eigenvalue weighted by Gasteiger charge is -2.20. The van der Waals surface area contributed by atoms with Gasteiger partial charge in [-0.25, -0.2) is 0 Å². The maximum Gasteiger partial charge on any atom is 0.236 e. The minimum Gasteiger partial charge on any atom is -0.378 e. The van der Waals surface area contributed by atoms with Crippen molar-refractivity contribution in [1.82, 2.24) is 10.1 Å². The van der Waals surface area contributed by atoms with Crippen molar-refractivity contribution in [3.05, 3.63) is 11.7 Å². The molecule has 2 unspecified atom stereocenters. The molecule has 2 rings (SSSR count). The SMILES string of the molecule is CCC(=O)C(C)c1nc(CC2CCCCO2)no1. The van der Waals surface area contributed by atoms with Crippen molar-refractivity contribution in [1.29, 1.82) is 0 Å². The zero-order chi connectivity index (χ0) is 13.0. The number of rotatable bonds is 5. The molecule has 1 aliphatic heterocycles. The minimum atomic E-state index is -0.302. The summed E-state index contributed by atoms with van der Waals surface area (Å²) in [6, 6.07) is 0. The predicted molar refractivity (Wildman–Crippen MR) is 65.3 cm³/mol. The molecule has 0 saturated carbocycles. The van der Waals surface area contributed by atoms with Crippen molar-refractivity contribution in [2.75, 3.05) is 6.61 Å². The number of hydrogen-bond acceptors (Lipinski definition) is 5. The normalized spacial score (nSPS) is 21.8. The summed E-state index contributed by atoms with van der Waals surface area (Å²) in [4.78, 5) is 15.9. The van der Waals surface area contributed by atoms with Crippen LogP contribution in [0.25, 0.3) is 0 Å². The number of ether oxygens (including phenoxy) is 1. The minimum absolute atomic E-state index is 0.124. The van der Waals surface area contributed by atoms with E-state index in [2.05, 4.69) is 10.1 Å². The van der Waals surface area contributed by atoms with Crippen molar-refractivity contribution in [2.24, 2.45) is 0 Å². The Morgan fingerprint density at radius 3 is 3.00 bits per heavy atom. The van der Waals surface area contributed by atoms with Gasteiger partial charge in [-0.3, -0.25) is 4.79 Å². The molecule has 0 N–H and O–H groups in total. The molecular weight excluding hydrogens is 232 g/mol. The maximum absolute atomic E-state index is 11.6. The molecule has 5 heteroatoms. The Hall–Kier alpha value is -1.23. The number of aromatic nitrogens is 2. The summed E-state index contributed by atoms with van der Waals surface area (Å²) in [5.74, 6) is 0.892. The van der Waals surface area contributed by atoms with Crippen molar-refractivity contribution >= 4 is 5.78 Å². The lowest BCUT2D eigenvalue weighted by Crippen LogP contribution is -2.21. The standard InChI is InChI=1S/C13H20N2O3/c1-3-11(16)9(2)13-14-12(15-18-13)8-10-6-4-5-7-17-10/h9-10H,3-8H2,1-2H3. The fourth-order valence-electron chi connectivity index (χ4n) is 2.14. The highest BCUT2D eigenvalue weighted by atomic mass is 16.5. The quantitative estimate of drug-likeness (QED) is 0.804. The molecule has 1 aromatic heterocycles. The lowest BCUT2D eigenvalue weighted by atomic mass is 10.0. The summed E-state index contributed by atoms with van der Waals surface area (Å²) < 4.78 is 10.8. The Morgan fingerprint density at radius 1 is 1.50 bits per heavy atom. The molecular formula is C13H20N2O3. The fourth-order valence-corrected chi connectivity index (χ4v) is 2.14. The summed E-state index contributed by atoms with van der Waals surface area (Å²) >= 11 is 0. The zero-order valence-corrected chi connectivity index (χ0v) is 11.0. The molecule has 100 valence electrons. The number of carbonyl (C=O) groups excluding carboxylic acids is 1. The van der Waals surface area contributed by atoms with E-state index in [4.69, 9.17) is 9.26 Å². The van der Waals surface area contributed by atoms with E-state index in [0.717, 1.165) is 19.4 Å². The molecule has 1 fully saturated rings. The van der Waals surface area contributed by atoms with Crippen LogP contribution < -0.4 is 0 Å². The number of hydrogen-bond donors (Lipinski definition) is 0. The first-order valence-electron chi connectivity index (χ1n) is 6.67. The second kappa shape index (κ2) is 6.09. The third-order valence-electron chi connectivity index (χ3n) is 3.37. The first-order chi connectivity index (χ1) is 8.70. The van der Waals surface area contributed by atoms with Crippen LogP contribution in [0.1, 0.15) is 57.2 Å². The Kier molecular flexibility index (Phi) is 4.47. The molecule has 2 heterocycles. The average Bonchev–Trinajstić information content (AvgIpc) is 2.86. The van der Waals surface area contributed by atoms with Crippen LogP contribution in [0, 0.1) is 0 Å². The van der Waals surface area contributed by atoms with Gasteiger partial charge in [-0.15, -0.1) is 0 Å². The number of nitrogens with zero attached hydrogens (tertiary/aromatic N) is 2. The van der Waals surface area contributed by atoms with E-state index in [0.29, 0.717) is 24.6 Å². The Balaban J connectivity index is 1.94. The van der Waals surface area contributed by atoms with Gasteiger partial charge >= 0.3 is 0 Å². The summed E-state index contributed by atoms with van der Waals surface area (Å²) in [6.07, 6.45) is 4.74. The van der Waals surface area contributed by atoms with Gasteiger partial charge in [-0.05, 0) is 26.2 Å². The first-order valence-corrected chi connectivity index (χ1v) is 6.67. The van der Waals surface area contributed by atoms with Crippen LogP contribution in [0.4, 0.5) is 0 Å². The third kappa shape index (κ3) is 3.16. The maximum atomic E-state index is 11.6. The Labute approximate surface area is 107 Å². The van der Waals surface area contributed by atoms with Gasteiger partial charge in [0.1, 0.15) is 5.78 Å². The molecule has 0 bridgehead atoms. The number of carbonyl (C=O) groups is 1. The van der Waals surface area contributed by atoms with Crippen LogP contribution in [0.2, 0.25) is 0 Å². The molecule has 0 amide bonds. The van der Waals surface area contributed by atoms with Gasteiger partial charge in [0, 0.05) is 19.4 Å². The molecule has 1 saturated heterocycles. The van der Waals surface area contributed by atoms with Crippen molar-refractivity contribution in [3.63, 3.8) is 0 Å². The van der Waals surface area contributed by atoms with Gasteiger partial charge in [-0.1, -0.05) is 12.1 Å². The number of ketones is 1. The molecule has 18 heavy (non-hydrogen) atoms. The molecule has 0 aromatic carbocycles. The fraction of sp³-hybridized carbons (Fsp3) is 0.769. The largest absolute Gasteiger partial charge is 0.378 e. The van der Waals surface area contributed by atoms with Crippen LogP contribution in [0.15, 0.2) is 4.52 Å². The zero-order valence-electron chi connectivity index (χ0n) is 11.0. The van der Waals surface area contributed by atoms with Gasteiger partial charge in [0.05, 0.1) is 12.0 Å². The Morgan fingerprint density at radius 2 is 2.33 bits per heavy atom. The van der Waals surface area contributed by atoms with Gasteiger partial charge in [0.2, 0.25) is 5.89 Å². The highest BCUT2D eigenvalue weighted by molar-refractivity contribution is 5.83. The number of Topliss-reactive ketones (excluding diaryl/α,β-unsaturated/α-hetero) is 1. The van der Waals surface area contributed by atoms with Gasteiger partial charge < -0.3 is 9.26 Å². The average molecular weight is 252 g/mol. The van der Waals surface area contributed by atoms with Crippen LogP contribution in [0.3, 0.4) is 0 Å². The lowest BCUT2D eigenvalue weighted by molar-refractivity contribution is -0.120. The van der Waals surface area contributed by atoms with Gasteiger partial charge in [-0.2, -0.15) is 4.98 Å². The van der Waals surface area contributed by atoms with Gasteiger partial charge in [0.25, 0.3) is 0 Å². The highest BCUT2D eigenvalue weighted by Gasteiger charge is 2.22. The van der Waals surface area contributed by atoms with E-state index in [-0.39, 0.29) is 17.8 Å². The van der Waals surface area contributed by atoms with Crippen LogP contribution in [-0.2, 0) is 16.0 Å². The van der Waals surface area contributed by atoms with Crippen LogP contribution in [-0.4, -0.2) is 28.6 Å². The topological polar surface area (TPSA) is 65.2 Å². The van der Waals surface area contributed by atoms with E-state index >= 15 is 0 Å². The molecule has 2 atom stereocenters. The molecule has 5 nitrogen and oxygen atoms in total. The molecule has 0 aliphatic carbocycles. The highest BCUT2D eigenvalue weighted by Crippen LogP contribution is 2.19. The summed E-state index contributed by atoms with van der Waals surface area (Å²) in [7, 11) is 0. The molecule has 0 spiro atoms. The summed E-state index contributed by atoms with van der Waals surface area (Å²) in [6.45, 7) is 4.46. The summed E-state index contributed by atoms with van der Waals surface area (Å²) in [5, 5.41) is 3.93. The van der Waals surface area contributed by atoms with E-state index in [1.807, 2.05) is 6.92 Å². The van der Waals surface area contributed by atoms with Crippen molar-refractivity contribution in [3.8, 4) is 0 Å². The third-order valence-corrected chi connectivity index (χ3v) is 3.37. The van der Waals surface area contributed by atoms with Crippen molar-refractivity contribution in [2.45, 2.75) is 58.0 Å². The first kappa shape index (κ1) is 13.2. The monoisotopic (exact) mass is 252 g/mol. The smallest absolute Gasteiger partial charge is 0.236 e. The molecule has 0 radical (unpaired) electrons.